The number of carbonyl (C=O) groups is 1. The molecule has 0 saturated carbocycles. The number of aryl methyl sites for hydroxylation is 1. The Balaban J connectivity index is 1.62. The number of nitrogens with one attached hydrogen (secondary N) is 1. The summed E-state index contributed by atoms with van der Waals surface area (Å²) >= 11 is 0. The van der Waals surface area contributed by atoms with Crippen LogP contribution in [0.4, 0.5) is 5.69 Å². The lowest BCUT2D eigenvalue weighted by Gasteiger charge is -2.26. The van der Waals surface area contributed by atoms with E-state index >= 15 is 0 Å². The van der Waals surface area contributed by atoms with Crippen LogP contribution in [0.15, 0.2) is 36.7 Å². The number of amides is 1. The molecule has 1 fully saturated rings. The molecule has 0 radical (unpaired) electrons. The number of benzene rings is 1. The molecule has 8 heteroatoms. The first-order valence-electron chi connectivity index (χ1n) is 10.4. The number of aromatic nitrogens is 1. The summed E-state index contributed by atoms with van der Waals surface area (Å²) in [5.74, 6) is 0.587. The molecule has 1 N–H and O–H groups in total. The number of fused-ring (bicyclic) bond motifs is 1. The van der Waals surface area contributed by atoms with Gasteiger partial charge in [0.05, 0.1) is 18.0 Å². The maximum Gasteiger partial charge on any atom is 0.227 e. The standard InChI is InChI=1S/C22H27N3O4S/c1-3-30(27,28)22(19-5-4-10-24-19)29-18-12-17(13-23-14-18)15-6-8-20-16(11-15)7-9-21(26)25(20)2/h6,8,11-14,19,22,24H,3-5,7,9-10H2,1-2H3/t19?,22-/m0/s1. The van der Waals surface area contributed by atoms with Gasteiger partial charge in [0, 0.05) is 30.9 Å². The highest BCUT2D eigenvalue weighted by atomic mass is 32.2. The zero-order chi connectivity index (χ0) is 21.3. The van der Waals surface area contributed by atoms with E-state index in [0.717, 1.165) is 41.8 Å². The van der Waals surface area contributed by atoms with Gasteiger partial charge in [0.2, 0.25) is 11.3 Å². The highest BCUT2D eigenvalue weighted by molar-refractivity contribution is 7.91. The number of nitrogens with zero attached hydrogens (tertiary/aromatic N) is 2. The fraction of sp³-hybridized carbons (Fsp3) is 0.455. The van der Waals surface area contributed by atoms with Crippen molar-refractivity contribution in [2.24, 2.45) is 0 Å². The monoisotopic (exact) mass is 429 g/mol. The molecular formula is C22H27N3O4S. The molecule has 2 aliphatic heterocycles. The van der Waals surface area contributed by atoms with Crippen LogP contribution in [0.2, 0.25) is 0 Å². The minimum absolute atomic E-state index is 0.0278. The third kappa shape index (κ3) is 4.06. The Morgan fingerprint density at radius 1 is 1.23 bits per heavy atom. The Bertz CT molecular complexity index is 1050. The van der Waals surface area contributed by atoms with Crippen molar-refractivity contribution in [3.8, 4) is 16.9 Å². The fourth-order valence-electron chi connectivity index (χ4n) is 4.13. The number of ether oxygens (including phenoxy) is 1. The summed E-state index contributed by atoms with van der Waals surface area (Å²) in [7, 11) is -1.60. The van der Waals surface area contributed by atoms with Crippen molar-refractivity contribution in [2.45, 2.75) is 44.1 Å². The van der Waals surface area contributed by atoms with Gasteiger partial charge in [-0.15, -0.1) is 0 Å². The van der Waals surface area contributed by atoms with Crippen LogP contribution < -0.4 is 15.0 Å². The molecule has 2 aromatic rings. The molecule has 7 nitrogen and oxygen atoms in total. The van der Waals surface area contributed by atoms with Crippen molar-refractivity contribution in [2.75, 3.05) is 24.2 Å². The average Bonchev–Trinajstić information content (AvgIpc) is 3.29. The molecule has 1 amide bonds. The SMILES string of the molecule is CCS(=O)(=O)[C@H](Oc1cncc(-c2ccc3c(c2)CCC(=O)N3C)c1)C1CCCN1. The predicted molar refractivity (Wildman–Crippen MR) is 116 cm³/mol. The molecule has 0 aliphatic carbocycles. The molecule has 1 unspecified atom stereocenters. The Morgan fingerprint density at radius 3 is 2.80 bits per heavy atom. The van der Waals surface area contributed by atoms with Gasteiger partial charge in [0.15, 0.2) is 9.84 Å². The van der Waals surface area contributed by atoms with Crippen molar-refractivity contribution >= 4 is 21.4 Å². The van der Waals surface area contributed by atoms with E-state index in [1.165, 1.54) is 0 Å². The number of anilines is 1. The van der Waals surface area contributed by atoms with E-state index < -0.39 is 15.3 Å². The van der Waals surface area contributed by atoms with E-state index in [-0.39, 0.29) is 17.7 Å². The van der Waals surface area contributed by atoms with Crippen molar-refractivity contribution in [3.05, 3.63) is 42.2 Å². The minimum atomic E-state index is -3.39. The van der Waals surface area contributed by atoms with Crippen LogP contribution in [0.5, 0.6) is 5.75 Å². The first-order chi connectivity index (χ1) is 14.4. The van der Waals surface area contributed by atoms with Gasteiger partial charge in [-0.05, 0) is 55.1 Å². The zero-order valence-electron chi connectivity index (χ0n) is 17.3. The van der Waals surface area contributed by atoms with E-state index in [2.05, 4.69) is 16.4 Å². The number of carbonyl (C=O) groups excluding carboxylic acids is 1. The van der Waals surface area contributed by atoms with Gasteiger partial charge in [0.1, 0.15) is 5.75 Å². The minimum Gasteiger partial charge on any atom is -0.471 e. The van der Waals surface area contributed by atoms with Gasteiger partial charge in [-0.3, -0.25) is 9.78 Å². The quantitative estimate of drug-likeness (QED) is 0.759. The Kier molecular flexibility index (Phi) is 5.79. The van der Waals surface area contributed by atoms with Crippen LogP contribution in [0.3, 0.4) is 0 Å². The molecule has 1 saturated heterocycles. The van der Waals surface area contributed by atoms with Crippen LogP contribution >= 0.6 is 0 Å². The number of hydrogen-bond donors (Lipinski definition) is 1. The van der Waals surface area contributed by atoms with E-state index in [9.17, 15) is 13.2 Å². The van der Waals surface area contributed by atoms with Gasteiger partial charge in [-0.25, -0.2) is 8.42 Å². The van der Waals surface area contributed by atoms with E-state index in [1.807, 2.05) is 18.2 Å². The molecule has 0 spiro atoms. The Labute approximate surface area is 177 Å². The van der Waals surface area contributed by atoms with Gasteiger partial charge < -0.3 is 15.0 Å². The lowest BCUT2D eigenvalue weighted by atomic mass is 9.97. The Morgan fingerprint density at radius 2 is 2.07 bits per heavy atom. The smallest absolute Gasteiger partial charge is 0.227 e. The maximum atomic E-state index is 12.6. The molecule has 3 heterocycles. The normalized spacial score (nSPS) is 20.1. The van der Waals surface area contributed by atoms with Gasteiger partial charge >= 0.3 is 0 Å². The number of sulfone groups is 1. The highest BCUT2D eigenvalue weighted by Crippen LogP contribution is 2.32. The summed E-state index contributed by atoms with van der Waals surface area (Å²) < 4.78 is 31.3. The van der Waals surface area contributed by atoms with Gasteiger partial charge in [-0.1, -0.05) is 13.0 Å². The highest BCUT2D eigenvalue weighted by Gasteiger charge is 2.36. The summed E-state index contributed by atoms with van der Waals surface area (Å²) in [5.41, 5.74) is 2.93. The lowest BCUT2D eigenvalue weighted by Crippen LogP contribution is -2.45. The van der Waals surface area contributed by atoms with E-state index in [4.69, 9.17) is 4.74 Å². The molecule has 0 bridgehead atoms. The number of pyridine rings is 1. The second kappa shape index (κ2) is 8.35. The van der Waals surface area contributed by atoms with Crippen molar-refractivity contribution in [1.82, 2.24) is 10.3 Å². The summed E-state index contributed by atoms with van der Waals surface area (Å²) in [6.45, 7) is 2.44. The average molecular weight is 430 g/mol. The van der Waals surface area contributed by atoms with E-state index in [0.29, 0.717) is 18.6 Å². The lowest BCUT2D eigenvalue weighted by molar-refractivity contribution is -0.118. The second-order valence-electron chi connectivity index (χ2n) is 7.85. The molecule has 1 aromatic carbocycles. The van der Waals surface area contributed by atoms with Crippen LogP contribution in [-0.4, -0.2) is 50.1 Å². The first kappa shape index (κ1) is 20.8. The Hall–Kier alpha value is -2.45. The molecule has 30 heavy (non-hydrogen) atoms. The summed E-state index contributed by atoms with van der Waals surface area (Å²) in [6, 6.07) is 7.59. The van der Waals surface area contributed by atoms with Gasteiger partial charge in [-0.2, -0.15) is 0 Å². The second-order valence-corrected chi connectivity index (χ2v) is 10.2. The molecule has 2 atom stereocenters. The fourth-order valence-corrected chi connectivity index (χ4v) is 5.44. The van der Waals surface area contributed by atoms with Crippen LogP contribution in [0, 0.1) is 0 Å². The predicted octanol–water partition coefficient (Wildman–Crippen LogP) is 2.55. The van der Waals surface area contributed by atoms with Gasteiger partial charge in [0.25, 0.3) is 0 Å². The molecule has 1 aromatic heterocycles. The third-order valence-electron chi connectivity index (χ3n) is 5.91. The van der Waals surface area contributed by atoms with Crippen LogP contribution in [0.1, 0.15) is 31.7 Å². The molecule has 2 aliphatic rings. The summed E-state index contributed by atoms with van der Waals surface area (Å²) in [4.78, 5) is 17.9. The third-order valence-corrected chi connectivity index (χ3v) is 7.84. The van der Waals surface area contributed by atoms with Crippen molar-refractivity contribution < 1.29 is 17.9 Å². The molecule has 4 rings (SSSR count). The summed E-state index contributed by atoms with van der Waals surface area (Å²) in [6.07, 6.45) is 6.21. The van der Waals surface area contributed by atoms with Crippen molar-refractivity contribution in [3.63, 3.8) is 0 Å². The number of hydrogen-bond acceptors (Lipinski definition) is 6. The van der Waals surface area contributed by atoms with Crippen molar-refractivity contribution in [1.29, 1.82) is 0 Å². The zero-order valence-corrected chi connectivity index (χ0v) is 18.1. The molecule has 160 valence electrons. The summed E-state index contributed by atoms with van der Waals surface area (Å²) in [5, 5.41) is 3.25. The topological polar surface area (TPSA) is 88.6 Å². The molecular weight excluding hydrogens is 402 g/mol. The van der Waals surface area contributed by atoms with Crippen LogP contribution in [0.25, 0.3) is 11.1 Å². The first-order valence-corrected chi connectivity index (χ1v) is 12.1. The maximum absolute atomic E-state index is 12.6. The largest absolute Gasteiger partial charge is 0.471 e. The number of rotatable bonds is 6. The van der Waals surface area contributed by atoms with E-state index in [1.54, 1.807) is 31.3 Å². The van der Waals surface area contributed by atoms with Crippen LogP contribution in [-0.2, 0) is 21.1 Å².